The van der Waals surface area contributed by atoms with Crippen LogP contribution in [0, 0.1) is 0 Å². The van der Waals surface area contributed by atoms with Crippen LogP contribution in [0.4, 0.5) is 0 Å². The second-order valence-electron chi connectivity index (χ2n) is 4.18. The largest absolute Gasteiger partial charge is 0.497 e. The van der Waals surface area contributed by atoms with Crippen molar-refractivity contribution >= 4 is 10.9 Å². The van der Waals surface area contributed by atoms with E-state index in [-0.39, 0.29) is 5.56 Å². The lowest BCUT2D eigenvalue weighted by atomic mass is 10.1. The van der Waals surface area contributed by atoms with Gasteiger partial charge < -0.3 is 9.72 Å². The summed E-state index contributed by atoms with van der Waals surface area (Å²) in [5.41, 5.74) is 1.99. The first-order valence-corrected chi connectivity index (χ1v) is 5.90. The SMILES string of the molecule is COc1ccc(-c2cc3cccnc3c(=O)[nH]2)cc1. The third-order valence-electron chi connectivity index (χ3n) is 3.00. The normalized spacial score (nSPS) is 10.6. The number of ether oxygens (including phenoxy) is 1. The Morgan fingerprint density at radius 1 is 1.16 bits per heavy atom. The first-order chi connectivity index (χ1) is 9.28. The topological polar surface area (TPSA) is 55.0 Å². The van der Waals surface area contributed by atoms with E-state index in [2.05, 4.69) is 9.97 Å². The average Bonchev–Trinajstić information content (AvgIpc) is 2.47. The van der Waals surface area contributed by atoms with E-state index in [4.69, 9.17) is 4.74 Å². The molecule has 0 amide bonds. The van der Waals surface area contributed by atoms with Crippen LogP contribution in [0.1, 0.15) is 0 Å². The van der Waals surface area contributed by atoms with Crippen LogP contribution < -0.4 is 10.3 Å². The minimum absolute atomic E-state index is 0.177. The summed E-state index contributed by atoms with van der Waals surface area (Å²) in [6.45, 7) is 0. The lowest BCUT2D eigenvalue weighted by Crippen LogP contribution is -2.08. The highest BCUT2D eigenvalue weighted by molar-refractivity contribution is 5.81. The van der Waals surface area contributed by atoms with Crippen LogP contribution in [0.15, 0.2) is 53.5 Å². The fourth-order valence-electron chi connectivity index (χ4n) is 2.02. The number of nitrogens with one attached hydrogen (secondary N) is 1. The maximum Gasteiger partial charge on any atom is 0.274 e. The summed E-state index contributed by atoms with van der Waals surface area (Å²) in [5.74, 6) is 0.786. The smallest absolute Gasteiger partial charge is 0.274 e. The Hall–Kier alpha value is -2.62. The Labute approximate surface area is 109 Å². The number of fused-ring (bicyclic) bond motifs is 1. The number of hydrogen-bond acceptors (Lipinski definition) is 3. The van der Waals surface area contributed by atoms with E-state index in [0.29, 0.717) is 5.52 Å². The average molecular weight is 252 g/mol. The molecule has 0 fully saturated rings. The van der Waals surface area contributed by atoms with Crippen LogP contribution >= 0.6 is 0 Å². The first-order valence-electron chi connectivity index (χ1n) is 5.90. The van der Waals surface area contributed by atoms with Gasteiger partial charge in [-0.15, -0.1) is 0 Å². The summed E-state index contributed by atoms with van der Waals surface area (Å²) in [7, 11) is 1.62. The van der Waals surface area contributed by atoms with E-state index in [1.165, 1.54) is 0 Å². The van der Waals surface area contributed by atoms with Crippen LogP contribution in [0.3, 0.4) is 0 Å². The predicted molar refractivity (Wildman–Crippen MR) is 74.4 cm³/mol. The predicted octanol–water partition coefficient (Wildman–Crippen LogP) is 2.60. The summed E-state index contributed by atoms with van der Waals surface area (Å²) < 4.78 is 5.12. The molecule has 0 aliphatic rings. The van der Waals surface area contributed by atoms with Gasteiger partial charge in [-0.2, -0.15) is 0 Å². The van der Waals surface area contributed by atoms with Crippen molar-refractivity contribution in [3.63, 3.8) is 0 Å². The van der Waals surface area contributed by atoms with Crippen LogP contribution in [0.5, 0.6) is 5.75 Å². The van der Waals surface area contributed by atoms with Gasteiger partial charge in [-0.05, 0) is 42.0 Å². The minimum atomic E-state index is -0.177. The molecule has 3 rings (SSSR count). The lowest BCUT2D eigenvalue weighted by molar-refractivity contribution is 0.415. The van der Waals surface area contributed by atoms with Gasteiger partial charge in [0.15, 0.2) is 0 Å². The van der Waals surface area contributed by atoms with E-state index >= 15 is 0 Å². The Balaban J connectivity index is 2.16. The summed E-state index contributed by atoms with van der Waals surface area (Å²) in [6.07, 6.45) is 1.62. The molecule has 1 N–H and O–H groups in total. The molecule has 0 atom stereocenters. The van der Waals surface area contributed by atoms with Gasteiger partial charge in [0.1, 0.15) is 11.3 Å². The Kier molecular flexibility index (Phi) is 2.76. The molecule has 0 spiro atoms. The zero-order valence-electron chi connectivity index (χ0n) is 10.4. The number of hydrogen-bond donors (Lipinski definition) is 1. The second kappa shape index (κ2) is 4.57. The van der Waals surface area contributed by atoms with Crippen LogP contribution in [-0.2, 0) is 0 Å². The number of benzene rings is 1. The molecule has 0 saturated carbocycles. The summed E-state index contributed by atoms with van der Waals surface area (Å²) in [6, 6.07) is 13.2. The van der Waals surface area contributed by atoms with Crippen LogP contribution in [0.25, 0.3) is 22.2 Å². The quantitative estimate of drug-likeness (QED) is 0.762. The fraction of sp³-hybridized carbons (Fsp3) is 0.0667. The maximum absolute atomic E-state index is 12.0. The van der Waals surface area contributed by atoms with Gasteiger partial charge in [0.2, 0.25) is 0 Å². The Morgan fingerprint density at radius 3 is 2.68 bits per heavy atom. The van der Waals surface area contributed by atoms with Gasteiger partial charge in [-0.1, -0.05) is 6.07 Å². The number of methoxy groups -OCH3 is 1. The zero-order chi connectivity index (χ0) is 13.2. The van der Waals surface area contributed by atoms with Gasteiger partial charge >= 0.3 is 0 Å². The molecule has 0 bridgehead atoms. The Bertz CT molecular complexity index is 776. The van der Waals surface area contributed by atoms with Gasteiger partial charge in [-0.25, -0.2) is 0 Å². The maximum atomic E-state index is 12.0. The standard InChI is InChI=1S/C15H12N2O2/c1-19-12-6-4-10(5-7-12)13-9-11-3-2-8-16-14(11)15(18)17-13/h2-9H,1H3,(H,17,18). The number of nitrogens with zero attached hydrogens (tertiary/aromatic N) is 1. The monoisotopic (exact) mass is 252 g/mol. The van der Waals surface area contributed by atoms with Crippen LogP contribution in [0.2, 0.25) is 0 Å². The summed E-state index contributed by atoms with van der Waals surface area (Å²) in [5, 5.41) is 0.831. The van der Waals surface area contributed by atoms with Crippen molar-refractivity contribution < 1.29 is 4.74 Å². The number of H-pyrrole nitrogens is 1. The molecule has 1 aromatic carbocycles. The highest BCUT2D eigenvalue weighted by Crippen LogP contribution is 2.21. The fourth-order valence-corrected chi connectivity index (χ4v) is 2.02. The van der Waals surface area contributed by atoms with E-state index in [9.17, 15) is 4.79 Å². The highest BCUT2D eigenvalue weighted by Gasteiger charge is 2.04. The second-order valence-corrected chi connectivity index (χ2v) is 4.18. The summed E-state index contributed by atoms with van der Waals surface area (Å²) >= 11 is 0. The molecule has 3 aromatic rings. The van der Waals surface area contributed by atoms with E-state index in [0.717, 1.165) is 22.4 Å². The molecule has 4 nitrogen and oxygen atoms in total. The van der Waals surface area contributed by atoms with Crippen molar-refractivity contribution in [1.29, 1.82) is 0 Å². The molecule has 2 heterocycles. The lowest BCUT2D eigenvalue weighted by Gasteiger charge is -2.05. The molecule has 19 heavy (non-hydrogen) atoms. The third-order valence-corrected chi connectivity index (χ3v) is 3.00. The van der Waals surface area contributed by atoms with Crippen molar-refractivity contribution in [2.45, 2.75) is 0 Å². The Morgan fingerprint density at radius 2 is 1.95 bits per heavy atom. The van der Waals surface area contributed by atoms with Crippen molar-refractivity contribution in [3.05, 3.63) is 59.0 Å². The number of pyridine rings is 2. The van der Waals surface area contributed by atoms with Gasteiger partial charge in [0.05, 0.1) is 7.11 Å². The number of rotatable bonds is 2. The molecule has 0 aliphatic heterocycles. The molecule has 0 aliphatic carbocycles. The number of aromatic nitrogens is 2. The van der Waals surface area contributed by atoms with E-state index < -0.39 is 0 Å². The molecule has 0 radical (unpaired) electrons. The molecule has 0 unspecified atom stereocenters. The molecule has 94 valence electrons. The zero-order valence-corrected chi connectivity index (χ0v) is 10.4. The van der Waals surface area contributed by atoms with E-state index in [1.807, 2.05) is 42.5 Å². The third kappa shape index (κ3) is 2.08. The highest BCUT2D eigenvalue weighted by atomic mass is 16.5. The van der Waals surface area contributed by atoms with Gasteiger partial charge in [-0.3, -0.25) is 9.78 Å². The number of aromatic amines is 1. The van der Waals surface area contributed by atoms with Gasteiger partial charge in [0, 0.05) is 17.3 Å². The molecular formula is C15H12N2O2. The van der Waals surface area contributed by atoms with Crippen molar-refractivity contribution in [2.75, 3.05) is 7.11 Å². The van der Waals surface area contributed by atoms with Crippen molar-refractivity contribution in [3.8, 4) is 17.0 Å². The minimum Gasteiger partial charge on any atom is -0.497 e. The van der Waals surface area contributed by atoms with Crippen molar-refractivity contribution in [2.24, 2.45) is 0 Å². The molecule has 2 aromatic heterocycles. The van der Waals surface area contributed by atoms with Crippen molar-refractivity contribution in [1.82, 2.24) is 9.97 Å². The van der Waals surface area contributed by atoms with Crippen LogP contribution in [-0.4, -0.2) is 17.1 Å². The first kappa shape index (κ1) is 11.5. The molecular weight excluding hydrogens is 240 g/mol. The molecule has 4 heteroatoms. The molecule has 0 saturated heterocycles. The van der Waals surface area contributed by atoms with E-state index in [1.54, 1.807) is 13.3 Å². The summed E-state index contributed by atoms with van der Waals surface area (Å²) in [4.78, 5) is 18.9. The van der Waals surface area contributed by atoms with Gasteiger partial charge in [0.25, 0.3) is 5.56 Å².